The zero-order valence-electron chi connectivity index (χ0n) is 21.0. The molecule has 4 rings (SSSR count). The Hall–Kier alpha value is -4.85. The van der Waals surface area contributed by atoms with Crippen LogP contribution in [-0.4, -0.2) is 34.9 Å². The van der Waals surface area contributed by atoms with Crippen molar-refractivity contribution in [2.75, 3.05) is 17.7 Å². The topological polar surface area (TPSA) is 110 Å². The summed E-state index contributed by atoms with van der Waals surface area (Å²) in [7, 11) is 1.28. The van der Waals surface area contributed by atoms with Gasteiger partial charge in [-0.05, 0) is 78.9 Å². The highest BCUT2D eigenvalue weighted by molar-refractivity contribution is 6.05. The molecule has 0 fully saturated rings. The van der Waals surface area contributed by atoms with Gasteiger partial charge in [-0.2, -0.15) is 0 Å². The fourth-order valence-corrected chi connectivity index (χ4v) is 3.87. The van der Waals surface area contributed by atoms with E-state index in [0.29, 0.717) is 17.1 Å². The molecule has 8 heteroatoms. The maximum absolute atomic E-state index is 12.8. The van der Waals surface area contributed by atoms with E-state index in [2.05, 4.69) is 25.3 Å². The van der Waals surface area contributed by atoms with Crippen molar-refractivity contribution in [2.24, 2.45) is 0 Å². The lowest BCUT2D eigenvalue weighted by molar-refractivity contribution is 0.0599. The molecule has 2 N–H and O–H groups in total. The molecule has 8 nitrogen and oxygen atoms in total. The van der Waals surface area contributed by atoms with Gasteiger partial charge in [0.15, 0.2) is 0 Å². The van der Waals surface area contributed by atoms with Crippen LogP contribution in [0.5, 0.6) is 0 Å². The molecule has 0 saturated carbocycles. The first-order valence-corrected chi connectivity index (χ1v) is 11.6. The van der Waals surface area contributed by atoms with Gasteiger partial charge in [-0.1, -0.05) is 30.3 Å². The molecule has 0 bridgehead atoms. The van der Waals surface area contributed by atoms with Gasteiger partial charge in [-0.3, -0.25) is 19.6 Å². The SMILES string of the molecule is COC(=O)c1ccc(C(=O)Nc2cccc(-c3cccc(NC(=O)c4ccc(C)cn4)c3C)c2C)nc1. The maximum Gasteiger partial charge on any atom is 0.339 e. The Labute approximate surface area is 214 Å². The number of esters is 1. The standard InChI is InChI=1S/C29H26N4O4/c1-17-11-13-25(30-15-17)27(34)32-23-9-5-7-21(18(23)2)22-8-6-10-24(19(22)3)33-28(35)26-14-12-20(16-31-26)29(36)37-4/h5-16H,1-4H3,(H,32,34)(H,33,35). The Kier molecular flexibility index (Phi) is 7.39. The number of anilines is 2. The molecule has 2 aromatic carbocycles. The number of benzene rings is 2. The summed E-state index contributed by atoms with van der Waals surface area (Å²) in [5, 5.41) is 5.84. The smallest absolute Gasteiger partial charge is 0.339 e. The minimum atomic E-state index is -0.521. The van der Waals surface area contributed by atoms with Crippen LogP contribution in [0.15, 0.2) is 73.1 Å². The summed E-state index contributed by atoms with van der Waals surface area (Å²) >= 11 is 0. The number of aryl methyl sites for hydroxylation is 1. The average Bonchev–Trinajstić information content (AvgIpc) is 2.91. The molecule has 0 spiro atoms. The van der Waals surface area contributed by atoms with Gasteiger partial charge in [0.2, 0.25) is 0 Å². The number of methoxy groups -OCH3 is 1. The molecule has 2 amide bonds. The largest absolute Gasteiger partial charge is 0.465 e. The van der Waals surface area contributed by atoms with Crippen molar-refractivity contribution in [3.63, 3.8) is 0 Å². The van der Waals surface area contributed by atoms with Crippen molar-refractivity contribution in [2.45, 2.75) is 20.8 Å². The summed E-state index contributed by atoms with van der Waals surface area (Å²) in [5.74, 6) is -1.21. The molecule has 0 unspecified atom stereocenters. The predicted molar refractivity (Wildman–Crippen MR) is 142 cm³/mol. The Morgan fingerprint density at radius 2 is 1.19 bits per heavy atom. The maximum atomic E-state index is 12.8. The first-order chi connectivity index (χ1) is 17.8. The van der Waals surface area contributed by atoms with Crippen LogP contribution >= 0.6 is 0 Å². The van der Waals surface area contributed by atoms with Gasteiger partial charge >= 0.3 is 5.97 Å². The second-order valence-electron chi connectivity index (χ2n) is 8.51. The van der Waals surface area contributed by atoms with Crippen molar-refractivity contribution in [3.05, 3.63) is 107 Å². The third-order valence-corrected chi connectivity index (χ3v) is 6.02. The quantitative estimate of drug-likeness (QED) is 0.349. The summed E-state index contributed by atoms with van der Waals surface area (Å²) in [6.07, 6.45) is 2.96. The van der Waals surface area contributed by atoms with Gasteiger partial charge in [-0.15, -0.1) is 0 Å². The minimum absolute atomic E-state index is 0.170. The third kappa shape index (κ3) is 5.54. The lowest BCUT2D eigenvalue weighted by Gasteiger charge is -2.17. The highest BCUT2D eigenvalue weighted by atomic mass is 16.5. The van der Waals surface area contributed by atoms with E-state index in [1.165, 1.54) is 25.4 Å². The molecular weight excluding hydrogens is 468 g/mol. The van der Waals surface area contributed by atoms with Crippen LogP contribution in [0.2, 0.25) is 0 Å². The van der Waals surface area contributed by atoms with E-state index < -0.39 is 11.9 Å². The average molecular weight is 495 g/mol. The van der Waals surface area contributed by atoms with Crippen LogP contribution in [0.3, 0.4) is 0 Å². The number of nitrogens with one attached hydrogen (secondary N) is 2. The monoisotopic (exact) mass is 494 g/mol. The first-order valence-electron chi connectivity index (χ1n) is 11.6. The van der Waals surface area contributed by atoms with Crippen molar-refractivity contribution in [1.29, 1.82) is 0 Å². The van der Waals surface area contributed by atoms with Crippen molar-refractivity contribution < 1.29 is 19.1 Å². The van der Waals surface area contributed by atoms with Crippen LogP contribution in [0, 0.1) is 20.8 Å². The number of carbonyl (C=O) groups is 3. The highest BCUT2D eigenvalue weighted by Crippen LogP contribution is 2.34. The number of rotatable bonds is 6. The fraction of sp³-hybridized carbons (Fsp3) is 0.138. The molecule has 2 aromatic heterocycles. The lowest BCUT2D eigenvalue weighted by atomic mass is 9.94. The van der Waals surface area contributed by atoms with Crippen LogP contribution < -0.4 is 10.6 Å². The summed E-state index contributed by atoms with van der Waals surface area (Å²) < 4.78 is 4.66. The van der Waals surface area contributed by atoms with Crippen molar-refractivity contribution in [1.82, 2.24) is 9.97 Å². The molecule has 186 valence electrons. The fourth-order valence-electron chi connectivity index (χ4n) is 3.87. The van der Waals surface area contributed by atoms with Crippen LogP contribution in [0.1, 0.15) is 48.0 Å². The van der Waals surface area contributed by atoms with Gasteiger partial charge in [-0.25, -0.2) is 4.79 Å². The van der Waals surface area contributed by atoms with E-state index in [9.17, 15) is 14.4 Å². The van der Waals surface area contributed by atoms with E-state index in [1.807, 2.05) is 63.2 Å². The van der Waals surface area contributed by atoms with E-state index in [4.69, 9.17) is 0 Å². The van der Waals surface area contributed by atoms with Gasteiger partial charge in [0.1, 0.15) is 11.4 Å². The third-order valence-electron chi connectivity index (χ3n) is 6.02. The molecule has 2 heterocycles. The zero-order chi connectivity index (χ0) is 26.5. The number of aromatic nitrogens is 2. The van der Waals surface area contributed by atoms with Crippen LogP contribution in [-0.2, 0) is 4.74 Å². The Bertz CT molecular complexity index is 1480. The summed E-state index contributed by atoms with van der Waals surface area (Å²) in [5.41, 5.74) is 6.62. The number of pyridine rings is 2. The molecule has 0 radical (unpaired) electrons. The zero-order valence-corrected chi connectivity index (χ0v) is 21.0. The van der Waals surface area contributed by atoms with Gasteiger partial charge < -0.3 is 15.4 Å². The summed E-state index contributed by atoms with van der Waals surface area (Å²) in [4.78, 5) is 45.4. The van der Waals surface area contributed by atoms with E-state index in [0.717, 1.165) is 27.8 Å². The number of hydrogen-bond donors (Lipinski definition) is 2. The van der Waals surface area contributed by atoms with Gasteiger partial charge in [0.05, 0.1) is 12.7 Å². The van der Waals surface area contributed by atoms with E-state index >= 15 is 0 Å². The summed E-state index contributed by atoms with van der Waals surface area (Å²) in [6, 6.07) is 17.8. The Morgan fingerprint density at radius 1 is 0.676 bits per heavy atom. The second-order valence-corrected chi connectivity index (χ2v) is 8.51. The minimum Gasteiger partial charge on any atom is -0.465 e. The number of hydrogen-bond acceptors (Lipinski definition) is 6. The van der Waals surface area contributed by atoms with Crippen LogP contribution in [0.4, 0.5) is 11.4 Å². The van der Waals surface area contributed by atoms with Crippen LogP contribution in [0.25, 0.3) is 11.1 Å². The molecule has 0 saturated heterocycles. The number of nitrogens with zero attached hydrogens (tertiary/aromatic N) is 2. The van der Waals surface area contributed by atoms with E-state index in [-0.39, 0.29) is 17.2 Å². The molecule has 0 aliphatic heterocycles. The highest BCUT2D eigenvalue weighted by Gasteiger charge is 2.16. The summed E-state index contributed by atoms with van der Waals surface area (Å²) in [6.45, 7) is 5.77. The normalized spacial score (nSPS) is 10.5. The number of carbonyl (C=O) groups excluding carboxylic acids is 3. The number of amides is 2. The molecule has 4 aromatic rings. The Balaban J connectivity index is 1.57. The van der Waals surface area contributed by atoms with Gasteiger partial charge in [0.25, 0.3) is 11.8 Å². The van der Waals surface area contributed by atoms with Crippen molar-refractivity contribution >= 4 is 29.2 Å². The lowest BCUT2D eigenvalue weighted by Crippen LogP contribution is -2.15. The molecule has 0 atom stereocenters. The van der Waals surface area contributed by atoms with Crippen molar-refractivity contribution in [3.8, 4) is 11.1 Å². The molecule has 37 heavy (non-hydrogen) atoms. The Morgan fingerprint density at radius 3 is 1.62 bits per heavy atom. The first kappa shape index (κ1) is 25.2. The van der Waals surface area contributed by atoms with Gasteiger partial charge in [0, 0.05) is 23.8 Å². The van der Waals surface area contributed by atoms with E-state index in [1.54, 1.807) is 12.3 Å². The molecule has 0 aliphatic rings. The molecular formula is C29H26N4O4. The predicted octanol–water partition coefficient (Wildman–Crippen LogP) is 5.36. The molecule has 0 aliphatic carbocycles. The second kappa shape index (κ2) is 10.8. The number of ether oxygens (including phenoxy) is 1.